The number of imidazole rings is 1. The predicted molar refractivity (Wildman–Crippen MR) is 84.7 cm³/mol. The van der Waals surface area contributed by atoms with Gasteiger partial charge in [-0.25, -0.2) is 19.3 Å². The molecule has 0 spiro atoms. The summed E-state index contributed by atoms with van der Waals surface area (Å²) in [6.07, 6.45) is 7.50. The first-order valence-corrected chi connectivity index (χ1v) is 7.60. The van der Waals surface area contributed by atoms with Gasteiger partial charge in [0.05, 0.1) is 6.20 Å². The largest absolute Gasteiger partial charge is 0.368 e. The molecule has 0 aliphatic heterocycles. The maximum Gasteiger partial charge on any atom is 0.222 e. The molecule has 118 valence electrons. The maximum absolute atomic E-state index is 13.9. The zero-order valence-electron chi connectivity index (χ0n) is 12.4. The minimum absolute atomic E-state index is 0.142. The highest BCUT2D eigenvalue weighted by Crippen LogP contribution is 2.35. The quantitative estimate of drug-likeness (QED) is 0.772. The van der Waals surface area contributed by atoms with Gasteiger partial charge in [-0.15, -0.1) is 0 Å². The minimum atomic E-state index is -0.428. The zero-order valence-corrected chi connectivity index (χ0v) is 12.4. The van der Waals surface area contributed by atoms with Gasteiger partial charge in [-0.3, -0.25) is 4.57 Å². The Balaban J connectivity index is 1.84. The first-order chi connectivity index (χ1) is 11.2. The number of nitrogens with one attached hydrogen (secondary N) is 1. The van der Waals surface area contributed by atoms with Crippen molar-refractivity contribution in [3.05, 3.63) is 30.3 Å². The van der Waals surface area contributed by atoms with E-state index in [0.29, 0.717) is 17.1 Å². The van der Waals surface area contributed by atoms with Crippen molar-refractivity contribution in [2.24, 2.45) is 0 Å². The van der Waals surface area contributed by atoms with Crippen molar-refractivity contribution in [1.29, 1.82) is 0 Å². The molecule has 3 aromatic rings. The molecule has 0 aromatic carbocycles. The molecule has 1 aliphatic rings. The summed E-state index contributed by atoms with van der Waals surface area (Å²) in [6.45, 7) is 0. The normalized spacial score (nSPS) is 15.3. The van der Waals surface area contributed by atoms with E-state index in [2.05, 4.69) is 25.3 Å². The van der Waals surface area contributed by atoms with Gasteiger partial charge in [-0.05, 0) is 25.0 Å². The van der Waals surface area contributed by atoms with Crippen molar-refractivity contribution in [1.82, 2.24) is 24.5 Å². The molecule has 3 aromatic heterocycles. The summed E-state index contributed by atoms with van der Waals surface area (Å²) in [5.41, 5.74) is 7.02. The molecule has 0 saturated heterocycles. The molecule has 3 heterocycles. The summed E-state index contributed by atoms with van der Waals surface area (Å²) in [7, 11) is 0. The third-order valence-corrected chi connectivity index (χ3v) is 4.13. The van der Waals surface area contributed by atoms with Crippen LogP contribution in [0, 0.1) is 5.82 Å². The van der Waals surface area contributed by atoms with Crippen molar-refractivity contribution in [2.45, 2.75) is 31.7 Å². The maximum atomic E-state index is 13.9. The molecule has 8 heteroatoms. The van der Waals surface area contributed by atoms with E-state index in [-0.39, 0.29) is 17.8 Å². The summed E-state index contributed by atoms with van der Waals surface area (Å²) in [5.74, 6) is 0.433. The lowest BCUT2D eigenvalue weighted by atomic mass is 10.2. The number of anilines is 3. The molecule has 0 radical (unpaired) electrons. The average Bonchev–Trinajstić information content (AvgIpc) is 3.16. The van der Waals surface area contributed by atoms with E-state index in [4.69, 9.17) is 5.73 Å². The lowest BCUT2D eigenvalue weighted by Crippen LogP contribution is -2.11. The third kappa shape index (κ3) is 2.45. The van der Waals surface area contributed by atoms with Crippen LogP contribution in [0.4, 0.5) is 22.1 Å². The summed E-state index contributed by atoms with van der Waals surface area (Å²) in [4.78, 5) is 16.8. The van der Waals surface area contributed by atoms with Crippen LogP contribution in [0.25, 0.3) is 11.2 Å². The average molecular weight is 313 g/mol. The van der Waals surface area contributed by atoms with E-state index in [1.165, 1.54) is 12.3 Å². The molecular formula is C15H16FN7. The number of nitrogen functional groups attached to an aromatic ring is 1. The number of nitrogens with two attached hydrogens (primary N) is 1. The molecule has 1 fully saturated rings. The van der Waals surface area contributed by atoms with Gasteiger partial charge < -0.3 is 11.1 Å². The van der Waals surface area contributed by atoms with Crippen LogP contribution in [0.3, 0.4) is 0 Å². The van der Waals surface area contributed by atoms with Gasteiger partial charge in [-0.2, -0.15) is 4.98 Å². The molecule has 1 aliphatic carbocycles. The van der Waals surface area contributed by atoms with Gasteiger partial charge in [0.1, 0.15) is 5.52 Å². The van der Waals surface area contributed by atoms with Crippen molar-refractivity contribution < 1.29 is 4.39 Å². The Morgan fingerprint density at radius 3 is 2.83 bits per heavy atom. The molecule has 4 rings (SSSR count). The van der Waals surface area contributed by atoms with E-state index in [0.717, 1.165) is 25.7 Å². The van der Waals surface area contributed by atoms with Crippen molar-refractivity contribution >= 4 is 28.9 Å². The first kappa shape index (κ1) is 13.9. The molecule has 0 amide bonds. The van der Waals surface area contributed by atoms with Gasteiger partial charge >= 0.3 is 0 Å². The summed E-state index contributed by atoms with van der Waals surface area (Å²) < 4.78 is 15.9. The SMILES string of the molecule is Nc1ncc2nc(Nc3ncccc3F)n(C3CCCC3)c2n1. The number of nitrogens with zero attached hydrogens (tertiary/aromatic N) is 5. The van der Waals surface area contributed by atoms with Gasteiger partial charge in [0.2, 0.25) is 11.9 Å². The Labute approximate surface area is 131 Å². The first-order valence-electron chi connectivity index (χ1n) is 7.60. The second kappa shape index (κ2) is 5.45. The second-order valence-corrected chi connectivity index (χ2v) is 5.64. The third-order valence-electron chi connectivity index (χ3n) is 4.13. The number of pyridine rings is 1. The highest BCUT2D eigenvalue weighted by molar-refractivity contribution is 5.76. The Kier molecular flexibility index (Phi) is 3.29. The van der Waals surface area contributed by atoms with Crippen LogP contribution in [-0.4, -0.2) is 24.5 Å². The van der Waals surface area contributed by atoms with Crippen molar-refractivity contribution in [3.8, 4) is 0 Å². The van der Waals surface area contributed by atoms with Crippen LogP contribution in [0.2, 0.25) is 0 Å². The number of fused-ring (bicyclic) bond motifs is 1. The number of rotatable bonds is 3. The molecule has 0 atom stereocenters. The van der Waals surface area contributed by atoms with E-state index in [1.54, 1.807) is 12.3 Å². The molecule has 0 bridgehead atoms. The molecule has 3 N–H and O–H groups in total. The fraction of sp³-hybridized carbons (Fsp3) is 0.333. The number of halogens is 1. The smallest absolute Gasteiger partial charge is 0.222 e. The Morgan fingerprint density at radius 1 is 1.22 bits per heavy atom. The van der Waals surface area contributed by atoms with Crippen molar-refractivity contribution in [3.63, 3.8) is 0 Å². The van der Waals surface area contributed by atoms with Crippen molar-refractivity contribution in [2.75, 3.05) is 11.1 Å². The Bertz CT molecular complexity index is 854. The van der Waals surface area contributed by atoms with E-state index in [9.17, 15) is 4.39 Å². The highest BCUT2D eigenvalue weighted by atomic mass is 19.1. The van der Waals surface area contributed by atoms with Gasteiger partial charge in [-0.1, -0.05) is 12.8 Å². The van der Waals surface area contributed by atoms with Crippen LogP contribution in [0.15, 0.2) is 24.5 Å². The predicted octanol–water partition coefficient (Wildman–Crippen LogP) is 2.80. The van der Waals surface area contributed by atoms with Crippen LogP contribution in [0.1, 0.15) is 31.7 Å². The fourth-order valence-corrected chi connectivity index (χ4v) is 3.08. The summed E-state index contributed by atoms with van der Waals surface area (Å²) in [5, 5.41) is 2.98. The second-order valence-electron chi connectivity index (χ2n) is 5.64. The lowest BCUT2D eigenvalue weighted by Gasteiger charge is -2.16. The van der Waals surface area contributed by atoms with Gasteiger partial charge in [0, 0.05) is 12.2 Å². The Morgan fingerprint density at radius 2 is 2.04 bits per heavy atom. The van der Waals surface area contributed by atoms with Gasteiger partial charge in [0.15, 0.2) is 17.3 Å². The van der Waals surface area contributed by atoms with Crippen LogP contribution in [0.5, 0.6) is 0 Å². The highest BCUT2D eigenvalue weighted by Gasteiger charge is 2.24. The molecule has 0 unspecified atom stereocenters. The standard InChI is InChI=1S/C15H16FN7/c16-10-6-3-7-18-12(10)21-15-20-11-8-19-14(17)22-13(11)23(15)9-4-1-2-5-9/h3,6-9H,1-2,4-5H2,(H2,17,19,22)(H,18,20,21). The Hall–Kier alpha value is -2.77. The number of aromatic nitrogens is 5. The molecule has 7 nitrogen and oxygen atoms in total. The molecule has 23 heavy (non-hydrogen) atoms. The van der Waals surface area contributed by atoms with E-state index < -0.39 is 5.82 Å². The minimum Gasteiger partial charge on any atom is -0.368 e. The van der Waals surface area contributed by atoms with Crippen LogP contribution >= 0.6 is 0 Å². The topological polar surface area (TPSA) is 94.5 Å². The van der Waals surface area contributed by atoms with Crippen LogP contribution in [-0.2, 0) is 0 Å². The summed E-state index contributed by atoms with van der Waals surface area (Å²) >= 11 is 0. The van der Waals surface area contributed by atoms with Crippen LogP contribution < -0.4 is 11.1 Å². The summed E-state index contributed by atoms with van der Waals surface area (Å²) in [6, 6.07) is 3.17. The van der Waals surface area contributed by atoms with E-state index in [1.807, 2.05) is 4.57 Å². The lowest BCUT2D eigenvalue weighted by molar-refractivity contribution is 0.534. The monoisotopic (exact) mass is 313 g/mol. The number of hydrogen-bond donors (Lipinski definition) is 2. The molecular weight excluding hydrogens is 297 g/mol. The zero-order chi connectivity index (χ0) is 15.8. The van der Waals surface area contributed by atoms with E-state index >= 15 is 0 Å². The fourth-order valence-electron chi connectivity index (χ4n) is 3.08. The number of hydrogen-bond acceptors (Lipinski definition) is 6. The molecule has 1 saturated carbocycles. The van der Waals surface area contributed by atoms with Gasteiger partial charge in [0.25, 0.3) is 0 Å².